The van der Waals surface area contributed by atoms with Crippen LogP contribution >= 0.6 is 0 Å². The zero-order valence-corrected chi connectivity index (χ0v) is 11.6. The molecule has 1 aliphatic heterocycles. The minimum Gasteiger partial charge on any atom is -0.393 e. The molecule has 3 fully saturated rings. The van der Waals surface area contributed by atoms with Gasteiger partial charge in [0.25, 0.3) is 0 Å². The zero-order valence-electron chi connectivity index (χ0n) is 11.6. The molecule has 3 nitrogen and oxygen atoms in total. The number of carbonyl (C=O) groups excluding carboxylic acids is 1. The fraction of sp³-hybridized carbons (Fsp3) is 0.933. The Balaban J connectivity index is 2.08. The zero-order chi connectivity index (χ0) is 13.1. The van der Waals surface area contributed by atoms with Crippen molar-refractivity contribution in [1.82, 2.24) is 0 Å². The highest BCUT2D eigenvalue weighted by Gasteiger charge is 2.74. The molecule has 6 atom stereocenters. The van der Waals surface area contributed by atoms with Gasteiger partial charge in [-0.1, -0.05) is 20.8 Å². The van der Waals surface area contributed by atoms with Crippen LogP contribution in [0.4, 0.5) is 0 Å². The van der Waals surface area contributed by atoms with Crippen LogP contribution in [0.5, 0.6) is 0 Å². The summed E-state index contributed by atoms with van der Waals surface area (Å²) in [6, 6.07) is 0. The number of carbonyl (C=O) groups is 1. The predicted octanol–water partition coefficient (Wildman–Crippen LogP) is 1.88. The molecule has 0 amide bonds. The first-order valence-electron chi connectivity index (χ1n) is 7.22. The molecule has 2 saturated carbocycles. The summed E-state index contributed by atoms with van der Waals surface area (Å²) in [6.45, 7) is 7.47. The molecule has 102 valence electrons. The number of aliphatic hydroxyl groups excluding tert-OH is 1. The highest BCUT2D eigenvalue weighted by molar-refractivity contribution is 5.60. The second-order valence-corrected chi connectivity index (χ2v) is 7.07. The normalized spacial score (nSPS) is 54.1. The SMILES string of the molecule is CC(C)[C@H]1CC[C@@]2(C)[C@H]3CO[C@]2(CO)[C@H](C=O)[C@@H]13. The van der Waals surface area contributed by atoms with Gasteiger partial charge in [0, 0.05) is 11.3 Å². The summed E-state index contributed by atoms with van der Waals surface area (Å²) in [5, 5.41) is 9.90. The lowest BCUT2D eigenvalue weighted by Crippen LogP contribution is -2.50. The van der Waals surface area contributed by atoms with E-state index in [1.165, 1.54) is 6.42 Å². The second kappa shape index (κ2) is 3.80. The molecule has 18 heavy (non-hydrogen) atoms. The molecule has 0 unspecified atom stereocenters. The number of hydrogen-bond donors (Lipinski definition) is 1. The van der Waals surface area contributed by atoms with Crippen LogP contribution in [-0.2, 0) is 9.53 Å². The van der Waals surface area contributed by atoms with Gasteiger partial charge < -0.3 is 14.6 Å². The van der Waals surface area contributed by atoms with Crippen molar-refractivity contribution >= 4 is 6.29 Å². The molecule has 0 aromatic rings. The maximum Gasteiger partial charge on any atom is 0.126 e. The van der Waals surface area contributed by atoms with E-state index >= 15 is 0 Å². The average Bonchev–Trinajstić information content (AvgIpc) is 2.71. The van der Waals surface area contributed by atoms with Gasteiger partial charge in [-0.05, 0) is 36.5 Å². The Labute approximate surface area is 109 Å². The number of hydrogen-bond acceptors (Lipinski definition) is 3. The maximum atomic E-state index is 11.6. The summed E-state index contributed by atoms with van der Waals surface area (Å²) < 4.78 is 5.96. The van der Waals surface area contributed by atoms with Crippen molar-refractivity contribution in [1.29, 1.82) is 0 Å². The van der Waals surface area contributed by atoms with Gasteiger partial charge >= 0.3 is 0 Å². The van der Waals surface area contributed by atoms with Crippen molar-refractivity contribution in [2.75, 3.05) is 13.2 Å². The van der Waals surface area contributed by atoms with Crippen LogP contribution in [0.3, 0.4) is 0 Å². The first-order chi connectivity index (χ1) is 8.52. The third-order valence-electron chi connectivity index (χ3n) is 6.45. The van der Waals surface area contributed by atoms with Crippen LogP contribution in [0.15, 0.2) is 0 Å². The Morgan fingerprint density at radius 1 is 1.50 bits per heavy atom. The molecule has 0 radical (unpaired) electrons. The summed E-state index contributed by atoms with van der Waals surface area (Å²) in [6.07, 6.45) is 3.33. The van der Waals surface area contributed by atoms with Crippen LogP contribution in [0.2, 0.25) is 0 Å². The standard InChI is InChI=1S/C15H24O3/c1-9(2)10-4-5-14(3)12-7-18-15(14,8-17)11(6-16)13(10)12/h6,9-13,17H,4-5,7-8H2,1-3H3/t10-,11-,12+,13-,14+,15-/m1/s1. The van der Waals surface area contributed by atoms with Gasteiger partial charge in [-0.15, -0.1) is 0 Å². The third kappa shape index (κ3) is 1.16. The Morgan fingerprint density at radius 3 is 2.78 bits per heavy atom. The van der Waals surface area contributed by atoms with Gasteiger partial charge in [-0.25, -0.2) is 0 Å². The van der Waals surface area contributed by atoms with Gasteiger partial charge in [-0.3, -0.25) is 0 Å². The Kier molecular flexibility index (Phi) is 2.66. The van der Waals surface area contributed by atoms with E-state index in [-0.39, 0.29) is 17.9 Å². The largest absolute Gasteiger partial charge is 0.393 e. The van der Waals surface area contributed by atoms with Crippen molar-refractivity contribution in [3.8, 4) is 0 Å². The van der Waals surface area contributed by atoms with E-state index in [9.17, 15) is 9.90 Å². The van der Waals surface area contributed by atoms with Crippen LogP contribution in [0.1, 0.15) is 33.6 Å². The molecule has 0 aromatic heterocycles. The number of aliphatic hydroxyl groups is 1. The van der Waals surface area contributed by atoms with Crippen molar-refractivity contribution < 1.29 is 14.6 Å². The molecule has 2 aliphatic carbocycles. The lowest BCUT2D eigenvalue weighted by Gasteiger charge is -2.42. The molecule has 1 saturated heterocycles. The minimum atomic E-state index is -0.590. The molecule has 0 aromatic carbocycles. The number of aldehydes is 1. The Bertz CT molecular complexity index is 367. The topological polar surface area (TPSA) is 46.5 Å². The summed E-state index contributed by atoms with van der Waals surface area (Å²) in [7, 11) is 0. The molecule has 1 heterocycles. The van der Waals surface area contributed by atoms with E-state index in [0.29, 0.717) is 23.7 Å². The number of rotatable bonds is 3. The molecule has 3 aliphatic rings. The average molecular weight is 252 g/mol. The highest BCUT2D eigenvalue weighted by Crippen LogP contribution is 2.70. The molecule has 0 spiro atoms. The summed E-state index contributed by atoms with van der Waals surface area (Å²) in [5.74, 6) is 1.98. The summed E-state index contributed by atoms with van der Waals surface area (Å²) >= 11 is 0. The predicted molar refractivity (Wildman–Crippen MR) is 68.0 cm³/mol. The first kappa shape index (κ1) is 12.6. The lowest BCUT2D eigenvalue weighted by molar-refractivity contribution is -0.148. The van der Waals surface area contributed by atoms with Crippen LogP contribution in [0.25, 0.3) is 0 Å². The Hall–Kier alpha value is -0.410. The van der Waals surface area contributed by atoms with Crippen molar-refractivity contribution in [2.45, 2.75) is 39.2 Å². The van der Waals surface area contributed by atoms with Crippen molar-refractivity contribution in [2.24, 2.45) is 35.0 Å². The van der Waals surface area contributed by atoms with E-state index in [2.05, 4.69) is 20.8 Å². The van der Waals surface area contributed by atoms with Crippen molar-refractivity contribution in [3.05, 3.63) is 0 Å². The fourth-order valence-electron chi connectivity index (χ4n) is 5.41. The summed E-state index contributed by atoms with van der Waals surface area (Å²) in [4.78, 5) is 11.6. The highest BCUT2D eigenvalue weighted by atomic mass is 16.5. The quantitative estimate of drug-likeness (QED) is 0.780. The van der Waals surface area contributed by atoms with Crippen LogP contribution in [-0.4, -0.2) is 30.2 Å². The monoisotopic (exact) mass is 252 g/mol. The van der Waals surface area contributed by atoms with E-state index in [1.54, 1.807) is 0 Å². The van der Waals surface area contributed by atoms with E-state index in [4.69, 9.17) is 4.74 Å². The van der Waals surface area contributed by atoms with Gasteiger partial charge in [0.1, 0.15) is 11.9 Å². The van der Waals surface area contributed by atoms with Crippen LogP contribution < -0.4 is 0 Å². The van der Waals surface area contributed by atoms with E-state index in [1.807, 2.05) is 0 Å². The minimum absolute atomic E-state index is 0.00336. The molecule has 3 rings (SSSR count). The first-order valence-corrected chi connectivity index (χ1v) is 7.22. The molecule has 3 heteroatoms. The van der Waals surface area contributed by atoms with Gasteiger partial charge in [0.05, 0.1) is 13.2 Å². The molecular weight excluding hydrogens is 228 g/mol. The van der Waals surface area contributed by atoms with Gasteiger partial charge in [0.15, 0.2) is 0 Å². The summed E-state index contributed by atoms with van der Waals surface area (Å²) in [5.41, 5.74) is -0.586. The smallest absolute Gasteiger partial charge is 0.126 e. The van der Waals surface area contributed by atoms with Gasteiger partial charge in [-0.2, -0.15) is 0 Å². The Morgan fingerprint density at radius 2 is 2.22 bits per heavy atom. The lowest BCUT2D eigenvalue weighted by atomic mass is 9.61. The third-order valence-corrected chi connectivity index (χ3v) is 6.45. The fourth-order valence-corrected chi connectivity index (χ4v) is 5.41. The van der Waals surface area contributed by atoms with Gasteiger partial charge in [0.2, 0.25) is 0 Å². The van der Waals surface area contributed by atoms with Crippen LogP contribution in [0, 0.1) is 35.0 Å². The molecule has 1 N–H and O–H groups in total. The maximum absolute atomic E-state index is 11.6. The van der Waals surface area contributed by atoms with E-state index < -0.39 is 5.60 Å². The molecular formula is C15H24O3. The van der Waals surface area contributed by atoms with Crippen molar-refractivity contribution in [3.63, 3.8) is 0 Å². The van der Waals surface area contributed by atoms with E-state index in [0.717, 1.165) is 19.3 Å². The second-order valence-electron chi connectivity index (χ2n) is 7.07. The molecule has 4 bridgehead atoms. The number of ether oxygens (including phenoxy) is 1.